The predicted octanol–water partition coefficient (Wildman–Crippen LogP) is 2.65. The topological polar surface area (TPSA) is 17.8 Å². The molecule has 0 atom stereocenters. The van der Waals surface area contributed by atoms with Gasteiger partial charge in [-0.3, -0.25) is 0 Å². The summed E-state index contributed by atoms with van der Waals surface area (Å²) in [5, 5.41) is 4.90. The van der Waals surface area contributed by atoms with Gasteiger partial charge in [-0.2, -0.15) is 0 Å². The molecule has 0 saturated carbocycles. The van der Waals surface area contributed by atoms with E-state index >= 15 is 0 Å². The molecule has 1 heterocycles. The maximum atomic E-state index is 4.90. The summed E-state index contributed by atoms with van der Waals surface area (Å²) in [6, 6.07) is 21.2. The van der Waals surface area contributed by atoms with Crippen molar-refractivity contribution in [3.05, 3.63) is 72.1 Å². The third-order valence-electron chi connectivity index (χ3n) is 3.63. The summed E-state index contributed by atoms with van der Waals surface area (Å²) in [5.74, 6) is 0. The Hall–Kier alpha value is -1.83. The molecule has 3 heteroatoms. The van der Waals surface area contributed by atoms with Crippen LogP contribution in [0.3, 0.4) is 0 Å². The van der Waals surface area contributed by atoms with Gasteiger partial charge < -0.3 is 0 Å². The van der Waals surface area contributed by atoms with Crippen LogP contribution in [-0.4, -0.2) is 24.7 Å². The Balaban J connectivity index is 2.07. The molecule has 0 N–H and O–H groups in total. The second-order valence-corrected chi connectivity index (χ2v) is 7.37. The molecular formula is C19H20N2Se. The molecule has 0 spiro atoms. The first-order chi connectivity index (χ1) is 10.8. The third-order valence-corrected chi connectivity index (χ3v) is 6.12. The zero-order valence-electron chi connectivity index (χ0n) is 13.0. The van der Waals surface area contributed by atoms with Crippen LogP contribution < -0.4 is 8.92 Å². The number of nitrogens with zero attached hydrogens (tertiary/aromatic N) is 2. The molecule has 1 aromatic heterocycles. The Morgan fingerprint density at radius 1 is 0.864 bits per heavy atom. The summed E-state index contributed by atoms with van der Waals surface area (Å²) in [6.45, 7) is 4.42. The summed E-state index contributed by atoms with van der Waals surface area (Å²) >= 11 is 0.310. The summed E-state index contributed by atoms with van der Waals surface area (Å²) in [6.07, 6.45) is 1.99. The van der Waals surface area contributed by atoms with Gasteiger partial charge in [0.1, 0.15) is 0 Å². The van der Waals surface area contributed by atoms with Crippen LogP contribution in [0.25, 0.3) is 5.69 Å². The number of benzene rings is 2. The van der Waals surface area contributed by atoms with Crippen LogP contribution in [0.5, 0.6) is 0 Å². The molecule has 3 aromatic rings. The molecule has 3 rings (SSSR count). The van der Waals surface area contributed by atoms with E-state index in [1.807, 2.05) is 6.07 Å². The van der Waals surface area contributed by atoms with Crippen molar-refractivity contribution in [2.24, 2.45) is 0 Å². The van der Waals surface area contributed by atoms with Gasteiger partial charge >= 0.3 is 138 Å². The van der Waals surface area contributed by atoms with Gasteiger partial charge in [0.25, 0.3) is 0 Å². The van der Waals surface area contributed by atoms with Gasteiger partial charge in [0.2, 0.25) is 0 Å². The fourth-order valence-electron chi connectivity index (χ4n) is 2.54. The van der Waals surface area contributed by atoms with E-state index in [0.717, 1.165) is 18.5 Å². The van der Waals surface area contributed by atoms with E-state index in [9.17, 15) is 0 Å². The van der Waals surface area contributed by atoms with E-state index in [1.165, 1.54) is 20.3 Å². The summed E-state index contributed by atoms with van der Waals surface area (Å²) in [4.78, 5) is 0. The molecule has 0 radical (unpaired) electrons. The molecule has 112 valence electrons. The van der Waals surface area contributed by atoms with Crippen molar-refractivity contribution in [2.75, 3.05) is 0 Å². The van der Waals surface area contributed by atoms with Gasteiger partial charge in [-0.1, -0.05) is 0 Å². The molecule has 0 aliphatic rings. The van der Waals surface area contributed by atoms with Crippen molar-refractivity contribution >= 4 is 23.9 Å². The van der Waals surface area contributed by atoms with Crippen molar-refractivity contribution in [3.8, 4) is 5.69 Å². The Morgan fingerprint density at radius 3 is 2.09 bits per heavy atom. The van der Waals surface area contributed by atoms with Crippen LogP contribution in [0, 0.1) is 0 Å². The summed E-state index contributed by atoms with van der Waals surface area (Å²) < 4.78 is 5.00. The molecule has 0 aliphatic carbocycles. The first-order valence-corrected chi connectivity index (χ1v) is 9.43. The van der Waals surface area contributed by atoms with Gasteiger partial charge in [-0.05, 0) is 0 Å². The number of rotatable bonds is 5. The average molecular weight is 355 g/mol. The van der Waals surface area contributed by atoms with E-state index in [0.29, 0.717) is 15.0 Å². The molecule has 0 bridgehead atoms. The average Bonchev–Trinajstić information content (AvgIpc) is 2.94. The second-order valence-electron chi connectivity index (χ2n) is 5.09. The number of para-hydroxylation sites is 1. The van der Waals surface area contributed by atoms with Crippen molar-refractivity contribution in [2.45, 2.75) is 26.7 Å². The molecule has 2 aromatic carbocycles. The Labute approximate surface area is 138 Å². The quantitative estimate of drug-likeness (QED) is 0.644. The Morgan fingerprint density at radius 2 is 1.50 bits per heavy atom. The minimum absolute atomic E-state index is 0.310. The second kappa shape index (κ2) is 6.95. The molecule has 0 saturated heterocycles. The fraction of sp³-hybridized carbons (Fsp3) is 0.211. The fourth-order valence-corrected chi connectivity index (χ4v) is 5.01. The predicted molar refractivity (Wildman–Crippen MR) is 93.8 cm³/mol. The van der Waals surface area contributed by atoms with Crippen LogP contribution in [0.15, 0.2) is 60.7 Å². The first-order valence-electron chi connectivity index (χ1n) is 7.72. The van der Waals surface area contributed by atoms with Crippen LogP contribution in [0.1, 0.15) is 25.2 Å². The molecule has 0 unspecified atom stereocenters. The first kappa shape index (κ1) is 15.1. The molecular weight excluding hydrogens is 335 g/mol. The van der Waals surface area contributed by atoms with Gasteiger partial charge in [0, 0.05) is 0 Å². The van der Waals surface area contributed by atoms with E-state index in [2.05, 4.69) is 73.1 Å². The molecule has 22 heavy (non-hydrogen) atoms. The van der Waals surface area contributed by atoms with Gasteiger partial charge in [-0.15, -0.1) is 0 Å². The normalized spacial score (nSPS) is 10.8. The SMILES string of the molecule is CCc1nn(-c2ccccc2)c(CC)c1[Se]c1ccccc1. The number of hydrogen-bond acceptors (Lipinski definition) is 1. The van der Waals surface area contributed by atoms with E-state index in [1.54, 1.807) is 0 Å². The minimum atomic E-state index is 0.310. The van der Waals surface area contributed by atoms with E-state index < -0.39 is 0 Å². The van der Waals surface area contributed by atoms with Crippen LogP contribution in [-0.2, 0) is 12.8 Å². The van der Waals surface area contributed by atoms with Crippen molar-refractivity contribution in [3.63, 3.8) is 0 Å². The van der Waals surface area contributed by atoms with Gasteiger partial charge in [0.05, 0.1) is 0 Å². The van der Waals surface area contributed by atoms with Gasteiger partial charge in [-0.25, -0.2) is 0 Å². The maximum absolute atomic E-state index is 4.90. The standard InChI is InChI=1S/C19H20N2Se/c1-3-17-19(22-16-13-9-6-10-14-16)18(4-2)21(20-17)15-11-7-5-8-12-15/h5-14H,3-4H2,1-2H3. The van der Waals surface area contributed by atoms with E-state index in [-0.39, 0.29) is 0 Å². The number of aromatic nitrogens is 2. The van der Waals surface area contributed by atoms with Crippen LogP contribution in [0.2, 0.25) is 0 Å². The van der Waals surface area contributed by atoms with Crippen molar-refractivity contribution in [1.29, 1.82) is 0 Å². The number of hydrogen-bond donors (Lipinski definition) is 0. The summed E-state index contributed by atoms with van der Waals surface area (Å²) in [7, 11) is 0. The van der Waals surface area contributed by atoms with Gasteiger partial charge in [0.15, 0.2) is 0 Å². The van der Waals surface area contributed by atoms with Crippen molar-refractivity contribution < 1.29 is 0 Å². The Bertz CT molecular complexity index is 733. The Kier molecular flexibility index (Phi) is 4.77. The third kappa shape index (κ3) is 3.01. The zero-order valence-corrected chi connectivity index (χ0v) is 14.7. The monoisotopic (exact) mass is 356 g/mol. The molecule has 0 fully saturated rings. The summed E-state index contributed by atoms with van der Waals surface area (Å²) in [5.41, 5.74) is 3.75. The zero-order chi connectivity index (χ0) is 15.4. The van der Waals surface area contributed by atoms with Crippen LogP contribution in [0.4, 0.5) is 0 Å². The van der Waals surface area contributed by atoms with Crippen LogP contribution >= 0.6 is 0 Å². The molecule has 0 aliphatic heterocycles. The molecule has 2 nitrogen and oxygen atoms in total. The number of aryl methyl sites for hydroxylation is 1. The van der Waals surface area contributed by atoms with Crippen molar-refractivity contribution in [1.82, 2.24) is 9.78 Å². The molecule has 0 amide bonds. The van der Waals surface area contributed by atoms with E-state index in [4.69, 9.17) is 5.10 Å².